The molecule has 0 spiro atoms. The average molecular weight is 258 g/mol. The molecule has 0 bridgehead atoms. The second-order valence-electron chi connectivity index (χ2n) is 0.512. The molecule has 0 rings (SSSR count). The Labute approximate surface area is 46.9 Å². The van der Waals surface area contributed by atoms with Crippen LogP contribution in [0.2, 0.25) is 0 Å². The van der Waals surface area contributed by atoms with Crippen molar-refractivity contribution in [2.75, 3.05) is 13.2 Å². The molecule has 0 aromatic heterocycles. The third kappa shape index (κ3) is 12.0. The van der Waals surface area contributed by atoms with Gasteiger partial charge in [0, 0.05) is 6.54 Å². The molecule has 5 heavy (non-hydrogen) atoms. The minimum atomic E-state index is 0. The third-order valence-corrected chi connectivity index (χ3v) is 0.129. The number of aliphatic hydroxyl groups excluding tert-OH is 1. The summed E-state index contributed by atoms with van der Waals surface area (Å²) < 4.78 is 0. The van der Waals surface area contributed by atoms with Crippen LogP contribution in [0.15, 0.2) is 0 Å². The van der Waals surface area contributed by atoms with Crippen LogP contribution < -0.4 is 5.73 Å². The zero-order valence-electron chi connectivity index (χ0n) is 2.74. The van der Waals surface area contributed by atoms with Crippen LogP contribution in [-0.4, -0.2) is 18.3 Å². The Hall–Kier alpha value is 0.660. The maximum atomic E-state index is 7.75. The van der Waals surface area contributed by atoms with E-state index in [1.54, 1.807) is 0 Å². The van der Waals surface area contributed by atoms with E-state index in [1.807, 2.05) is 0 Å². The first-order chi connectivity index (χ1) is 1.91. The van der Waals surface area contributed by atoms with Gasteiger partial charge in [-0.25, -0.2) is 0 Å². The topological polar surface area (TPSA) is 46.2 Å². The summed E-state index contributed by atoms with van der Waals surface area (Å²) in [5, 5.41) is 7.75. The van der Waals surface area contributed by atoms with E-state index in [0.717, 1.165) is 0 Å². The molecule has 0 amide bonds. The molecule has 0 unspecified atom stereocenters. The van der Waals surface area contributed by atoms with Gasteiger partial charge < -0.3 is 10.8 Å². The summed E-state index contributed by atoms with van der Waals surface area (Å²) >= 11 is 0. The summed E-state index contributed by atoms with van der Waals surface area (Å²) in [6, 6.07) is 0. The largest absolute Gasteiger partial charge is 1.00 e. The van der Waals surface area contributed by atoms with Crippen LogP contribution in [0.5, 0.6) is 0 Å². The Balaban J connectivity index is 0. The van der Waals surface area contributed by atoms with Gasteiger partial charge in [-0.15, -0.1) is 0 Å². The Morgan fingerprint density at radius 3 is 1.80 bits per heavy atom. The van der Waals surface area contributed by atoms with Crippen LogP contribution >= 0.6 is 0 Å². The molecule has 0 saturated carbocycles. The molecule has 0 saturated heterocycles. The van der Waals surface area contributed by atoms with E-state index in [4.69, 9.17) is 10.8 Å². The molecular formula is C2H7AuNO+. The number of nitrogens with two attached hydrogens (primary N) is 1. The van der Waals surface area contributed by atoms with Gasteiger partial charge in [-0.2, -0.15) is 0 Å². The van der Waals surface area contributed by atoms with Crippen molar-refractivity contribution >= 4 is 0 Å². The number of hydrogen-bond donors (Lipinski definition) is 2. The number of aliphatic hydroxyl groups is 1. The first-order valence-electron chi connectivity index (χ1n) is 1.22. The van der Waals surface area contributed by atoms with E-state index < -0.39 is 0 Å². The van der Waals surface area contributed by atoms with Gasteiger partial charge in [0.05, 0.1) is 6.61 Å². The van der Waals surface area contributed by atoms with E-state index in [1.165, 1.54) is 0 Å². The molecule has 0 fully saturated rings. The van der Waals surface area contributed by atoms with Crippen LogP contribution in [0.25, 0.3) is 0 Å². The van der Waals surface area contributed by atoms with E-state index >= 15 is 0 Å². The molecule has 3 heteroatoms. The smallest absolute Gasteiger partial charge is 0.395 e. The molecule has 36 valence electrons. The van der Waals surface area contributed by atoms with Gasteiger partial charge in [0.2, 0.25) is 0 Å². The molecule has 0 aromatic carbocycles. The maximum absolute atomic E-state index is 7.75. The fourth-order valence-electron chi connectivity index (χ4n) is 0. The van der Waals surface area contributed by atoms with Crippen LogP contribution in [0.1, 0.15) is 0 Å². The van der Waals surface area contributed by atoms with Crippen molar-refractivity contribution in [2.24, 2.45) is 5.73 Å². The molecule has 0 aromatic rings. The summed E-state index contributed by atoms with van der Waals surface area (Å²) in [4.78, 5) is 0. The Bertz CT molecular complexity index is 11.6. The number of rotatable bonds is 1. The fraction of sp³-hybridized carbons (Fsp3) is 1.00. The average Bonchev–Trinajstić information content (AvgIpc) is 1.37. The summed E-state index contributed by atoms with van der Waals surface area (Å²) in [7, 11) is 0. The SMILES string of the molecule is NCCO.[Au+]. The van der Waals surface area contributed by atoms with Crippen molar-refractivity contribution in [3.63, 3.8) is 0 Å². The van der Waals surface area contributed by atoms with Gasteiger partial charge in [0.25, 0.3) is 0 Å². The van der Waals surface area contributed by atoms with Gasteiger partial charge in [-0.3, -0.25) is 0 Å². The second kappa shape index (κ2) is 8.82. The monoisotopic (exact) mass is 258 g/mol. The summed E-state index contributed by atoms with van der Waals surface area (Å²) in [5.41, 5.74) is 4.78. The molecule has 0 aliphatic carbocycles. The van der Waals surface area contributed by atoms with Crippen molar-refractivity contribution in [3.05, 3.63) is 0 Å². The van der Waals surface area contributed by atoms with E-state index in [-0.39, 0.29) is 29.0 Å². The quantitative estimate of drug-likeness (QED) is 0.589. The first kappa shape index (κ1) is 9.18. The predicted molar refractivity (Wildman–Crippen MR) is 16.1 cm³/mol. The molecule has 0 aliphatic heterocycles. The van der Waals surface area contributed by atoms with Crippen molar-refractivity contribution in [3.8, 4) is 0 Å². The van der Waals surface area contributed by atoms with E-state index in [2.05, 4.69) is 0 Å². The summed E-state index contributed by atoms with van der Waals surface area (Å²) in [6.07, 6.45) is 0. The van der Waals surface area contributed by atoms with Crippen molar-refractivity contribution in [1.29, 1.82) is 0 Å². The molecule has 0 radical (unpaired) electrons. The van der Waals surface area contributed by atoms with E-state index in [0.29, 0.717) is 6.54 Å². The van der Waals surface area contributed by atoms with Gasteiger partial charge >= 0.3 is 22.4 Å². The first-order valence-corrected chi connectivity index (χ1v) is 1.22. The van der Waals surface area contributed by atoms with Gasteiger partial charge in [-0.05, 0) is 0 Å². The fourth-order valence-corrected chi connectivity index (χ4v) is 0. The standard InChI is InChI=1S/C2H7NO.Au/c3-1-2-4;/h4H,1-3H2;/q;+1. The Morgan fingerprint density at radius 1 is 1.60 bits per heavy atom. The summed E-state index contributed by atoms with van der Waals surface area (Å²) in [6.45, 7) is 0.472. The second-order valence-corrected chi connectivity index (χ2v) is 0.512. The van der Waals surface area contributed by atoms with Crippen LogP contribution in [-0.2, 0) is 22.4 Å². The maximum Gasteiger partial charge on any atom is 1.00 e. The van der Waals surface area contributed by atoms with E-state index in [9.17, 15) is 0 Å². The molecule has 0 heterocycles. The molecule has 3 N–H and O–H groups in total. The Morgan fingerprint density at radius 2 is 1.80 bits per heavy atom. The van der Waals surface area contributed by atoms with Crippen LogP contribution in [0, 0.1) is 0 Å². The van der Waals surface area contributed by atoms with Crippen LogP contribution in [0.4, 0.5) is 0 Å². The van der Waals surface area contributed by atoms with Gasteiger partial charge in [-0.1, -0.05) is 0 Å². The molecule has 0 atom stereocenters. The normalized spacial score (nSPS) is 6.00. The zero-order valence-corrected chi connectivity index (χ0v) is 4.91. The molecular weight excluding hydrogens is 251 g/mol. The van der Waals surface area contributed by atoms with Crippen LogP contribution in [0.3, 0.4) is 0 Å². The van der Waals surface area contributed by atoms with Crippen molar-refractivity contribution < 1.29 is 27.5 Å². The molecule has 2 nitrogen and oxygen atoms in total. The minimum absolute atomic E-state index is 0. The zero-order chi connectivity index (χ0) is 3.41. The van der Waals surface area contributed by atoms with Gasteiger partial charge in [0.15, 0.2) is 0 Å². The van der Waals surface area contributed by atoms with Crippen molar-refractivity contribution in [1.82, 2.24) is 0 Å². The van der Waals surface area contributed by atoms with Gasteiger partial charge in [0.1, 0.15) is 0 Å². The Kier molecular flexibility index (Phi) is 16.2. The predicted octanol–water partition coefficient (Wildman–Crippen LogP) is -1.07. The summed E-state index contributed by atoms with van der Waals surface area (Å²) in [5.74, 6) is 0. The molecule has 0 aliphatic rings. The minimum Gasteiger partial charge on any atom is -0.395 e. The third-order valence-electron chi connectivity index (χ3n) is 0.129. The van der Waals surface area contributed by atoms with Crippen molar-refractivity contribution in [2.45, 2.75) is 0 Å². The number of hydrogen-bond acceptors (Lipinski definition) is 2.